The summed E-state index contributed by atoms with van der Waals surface area (Å²) in [6.45, 7) is 0.245. The Morgan fingerprint density at radius 2 is 2.17 bits per heavy atom. The molecular formula is C12H13NO3S2. The molecule has 0 saturated carbocycles. The number of ether oxygens (including phenoxy) is 1. The lowest BCUT2D eigenvalue weighted by Crippen LogP contribution is -2.22. The molecule has 0 atom stereocenters. The maximum atomic E-state index is 11.9. The highest BCUT2D eigenvalue weighted by atomic mass is 32.2. The molecule has 0 unspecified atom stereocenters. The maximum absolute atomic E-state index is 11.9. The molecule has 0 saturated heterocycles. The Balaban J connectivity index is 2.07. The van der Waals surface area contributed by atoms with E-state index in [2.05, 4.69) is 4.72 Å². The lowest BCUT2D eigenvalue weighted by atomic mass is 10.2. The zero-order chi connectivity index (χ0) is 13.0. The predicted octanol–water partition coefficient (Wildman–Crippen LogP) is 2.24. The van der Waals surface area contributed by atoms with E-state index in [0.717, 1.165) is 5.56 Å². The van der Waals surface area contributed by atoms with Crippen molar-refractivity contribution in [2.45, 2.75) is 11.4 Å². The van der Waals surface area contributed by atoms with Crippen LogP contribution in [0.5, 0.6) is 5.75 Å². The lowest BCUT2D eigenvalue weighted by molar-refractivity contribution is 0.414. The van der Waals surface area contributed by atoms with Gasteiger partial charge in [-0.3, -0.25) is 0 Å². The normalized spacial score (nSPS) is 11.4. The van der Waals surface area contributed by atoms with Crippen molar-refractivity contribution >= 4 is 21.4 Å². The predicted molar refractivity (Wildman–Crippen MR) is 71.3 cm³/mol. The van der Waals surface area contributed by atoms with E-state index in [1.807, 2.05) is 18.2 Å². The Kier molecular flexibility index (Phi) is 4.00. The van der Waals surface area contributed by atoms with Crippen LogP contribution in [0.1, 0.15) is 5.56 Å². The van der Waals surface area contributed by atoms with Gasteiger partial charge < -0.3 is 4.74 Å². The smallest absolute Gasteiger partial charge is 0.241 e. The van der Waals surface area contributed by atoms with E-state index >= 15 is 0 Å². The van der Waals surface area contributed by atoms with E-state index in [9.17, 15) is 8.42 Å². The van der Waals surface area contributed by atoms with Crippen LogP contribution in [0.25, 0.3) is 0 Å². The summed E-state index contributed by atoms with van der Waals surface area (Å²) in [5, 5.41) is 3.34. The van der Waals surface area contributed by atoms with Gasteiger partial charge in [-0.05, 0) is 29.1 Å². The van der Waals surface area contributed by atoms with E-state index in [1.165, 1.54) is 11.3 Å². The number of hydrogen-bond donors (Lipinski definition) is 1. The molecule has 0 aliphatic rings. The molecule has 4 nitrogen and oxygen atoms in total. The molecule has 0 aliphatic carbocycles. The minimum atomic E-state index is -3.42. The largest absolute Gasteiger partial charge is 0.497 e. The van der Waals surface area contributed by atoms with Crippen LogP contribution < -0.4 is 9.46 Å². The summed E-state index contributed by atoms with van der Waals surface area (Å²) in [6.07, 6.45) is 0. The summed E-state index contributed by atoms with van der Waals surface area (Å²) < 4.78 is 31.4. The maximum Gasteiger partial charge on any atom is 0.241 e. The van der Waals surface area contributed by atoms with Crippen LogP contribution in [-0.2, 0) is 16.6 Å². The molecule has 0 spiro atoms. The Bertz CT molecular complexity index is 606. The summed E-state index contributed by atoms with van der Waals surface area (Å²) in [4.78, 5) is 0.301. The fourth-order valence-corrected chi connectivity index (χ4v) is 3.50. The van der Waals surface area contributed by atoms with Crippen LogP contribution in [0, 0.1) is 0 Å². The van der Waals surface area contributed by atoms with Gasteiger partial charge in [0.1, 0.15) is 5.75 Å². The highest BCUT2D eigenvalue weighted by molar-refractivity contribution is 7.89. The third kappa shape index (κ3) is 3.10. The SMILES string of the molecule is COc1cccc(CNS(=O)(=O)c2ccsc2)c1. The minimum Gasteiger partial charge on any atom is -0.497 e. The molecule has 1 aromatic carbocycles. The average Bonchev–Trinajstić information content (AvgIpc) is 2.91. The van der Waals surface area contributed by atoms with Gasteiger partial charge in [0.05, 0.1) is 12.0 Å². The fraction of sp³-hybridized carbons (Fsp3) is 0.167. The molecule has 2 aromatic rings. The van der Waals surface area contributed by atoms with E-state index in [0.29, 0.717) is 10.6 Å². The first-order chi connectivity index (χ1) is 8.62. The minimum absolute atomic E-state index is 0.245. The molecule has 1 heterocycles. The molecule has 0 radical (unpaired) electrons. The first-order valence-electron chi connectivity index (χ1n) is 5.26. The second kappa shape index (κ2) is 5.51. The fourth-order valence-electron chi connectivity index (χ4n) is 1.45. The van der Waals surface area contributed by atoms with Gasteiger partial charge in [-0.2, -0.15) is 11.3 Å². The van der Waals surface area contributed by atoms with Gasteiger partial charge in [0, 0.05) is 11.9 Å². The lowest BCUT2D eigenvalue weighted by Gasteiger charge is -2.06. The van der Waals surface area contributed by atoms with Crippen molar-refractivity contribution in [2.75, 3.05) is 7.11 Å². The van der Waals surface area contributed by atoms with E-state index in [4.69, 9.17) is 4.74 Å². The van der Waals surface area contributed by atoms with Crippen molar-refractivity contribution in [3.05, 3.63) is 46.7 Å². The van der Waals surface area contributed by atoms with Crippen LogP contribution in [0.3, 0.4) is 0 Å². The van der Waals surface area contributed by atoms with Crippen molar-refractivity contribution in [2.24, 2.45) is 0 Å². The van der Waals surface area contributed by atoms with Crippen LogP contribution in [0.2, 0.25) is 0 Å². The molecule has 96 valence electrons. The first kappa shape index (κ1) is 13.1. The zero-order valence-electron chi connectivity index (χ0n) is 9.79. The quantitative estimate of drug-likeness (QED) is 0.915. The number of nitrogens with one attached hydrogen (secondary N) is 1. The van der Waals surface area contributed by atoms with Crippen molar-refractivity contribution in [3.8, 4) is 5.75 Å². The van der Waals surface area contributed by atoms with Crippen molar-refractivity contribution < 1.29 is 13.2 Å². The number of thiophene rings is 1. The molecular weight excluding hydrogens is 270 g/mol. The summed E-state index contributed by atoms with van der Waals surface area (Å²) in [7, 11) is -1.84. The molecule has 1 aromatic heterocycles. The van der Waals surface area contributed by atoms with Gasteiger partial charge in [0.2, 0.25) is 10.0 Å². The van der Waals surface area contributed by atoms with Gasteiger partial charge in [-0.25, -0.2) is 13.1 Å². The van der Waals surface area contributed by atoms with Crippen LogP contribution >= 0.6 is 11.3 Å². The summed E-state index contributed by atoms with van der Waals surface area (Å²) in [5.74, 6) is 0.710. The van der Waals surface area contributed by atoms with Gasteiger partial charge >= 0.3 is 0 Å². The zero-order valence-corrected chi connectivity index (χ0v) is 11.4. The number of rotatable bonds is 5. The third-order valence-electron chi connectivity index (χ3n) is 2.41. The molecule has 0 bridgehead atoms. The number of methoxy groups -OCH3 is 1. The number of sulfonamides is 1. The molecule has 18 heavy (non-hydrogen) atoms. The van der Waals surface area contributed by atoms with Crippen molar-refractivity contribution in [1.82, 2.24) is 4.72 Å². The molecule has 2 rings (SSSR count). The highest BCUT2D eigenvalue weighted by Gasteiger charge is 2.13. The Morgan fingerprint density at radius 3 is 2.83 bits per heavy atom. The standard InChI is InChI=1S/C12H13NO3S2/c1-16-11-4-2-3-10(7-11)8-13-18(14,15)12-5-6-17-9-12/h2-7,9,13H,8H2,1H3. The number of hydrogen-bond acceptors (Lipinski definition) is 4. The highest BCUT2D eigenvalue weighted by Crippen LogP contribution is 2.15. The molecule has 0 aliphatic heterocycles. The van der Waals surface area contributed by atoms with E-state index in [-0.39, 0.29) is 6.54 Å². The second-order valence-corrected chi connectivity index (χ2v) is 6.18. The molecule has 0 fully saturated rings. The summed E-state index contributed by atoms with van der Waals surface area (Å²) in [5.41, 5.74) is 0.855. The van der Waals surface area contributed by atoms with Crippen LogP contribution in [0.4, 0.5) is 0 Å². The molecule has 1 N–H and O–H groups in total. The van der Waals surface area contributed by atoms with Crippen LogP contribution in [-0.4, -0.2) is 15.5 Å². The van der Waals surface area contributed by atoms with Crippen molar-refractivity contribution in [1.29, 1.82) is 0 Å². The summed E-state index contributed by atoms with van der Waals surface area (Å²) in [6, 6.07) is 8.87. The third-order valence-corrected chi connectivity index (χ3v) is 4.64. The van der Waals surface area contributed by atoms with Crippen LogP contribution in [0.15, 0.2) is 46.0 Å². The molecule has 0 amide bonds. The van der Waals surface area contributed by atoms with Gasteiger partial charge in [-0.1, -0.05) is 12.1 Å². The van der Waals surface area contributed by atoms with Crippen molar-refractivity contribution in [3.63, 3.8) is 0 Å². The van der Waals surface area contributed by atoms with Gasteiger partial charge in [0.25, 0.3) is 0 Å². The number of benzene rings is 1. The first-order valence-corrected chi connectivity index (χ1v) is 7.69. The summed E-state index contributed by atoms with van der Waals surface area (Å²) >= 11 is 1.36. The monoisotopic (exact) mass is 283 g/mol. The topological polar surface area (TPSA) is 55.4 Å². The Hall–Kier alpha value is -1.37. The molecule has 6 heteroatoms. The van der Waals surface area contributed by atoms with Gasteiger partial charge in [0.15, 0.2) is 0 Å². The average molecular weight is 283 g/mol. The second-order valence-electron chi connectivity index (χ2n) is 3.64. The van der Waals surface area contributed by atoms with E-state index in [1.54, 1.807) is 30.0 Å². The van der Waals surface area contributed by atoms with E-state index < -0.39 is 10.0 Å². The Labute approximate surface area is 110 Å². The Morgan fingerprint density at radius 1 is 1.33 bits per heavy atom. The van der Waals surface area contributed by atoms with Gasteiger partial charge in [-0.15, -0.1) is 0 Å².